The smallest absolute Gasteiger partial charge is 0.260 e. The summed E-state index contributed by atoms with van der Waals surface area (Å²) in [5.74, 6) is 4.54. The number of nitrogens with one attached hydrogen (secondary N) is 2. The van der Waals surface area contributed by atoms with E-state index in [9.17, 15) is 4.79 Å². The summed E-state index contributed by atoms with van der Waals surface area (Å²) < 4.78 is 7.48. The second-order valence-corrected chi connectivity index (χ2v) is 10.8. The van der Waals surface area contributed by atoms with Gasteiger partial charge >= 0.3 is 0 Å². The van der Waals surface area contributed by atoms with Crippen molar-refractivity contribution in [2.45, 2.75) is 24.5 Å². The number of nitrogens with zero attached hydrogens (tertiary/aromatic N) is 3. The molecule has 0 spiro atoms. The lowest BCUT2D eigenvalue weighted by Gasteiger charge is -2.24. The Kier molecular flexibility index (Phi) is 7.20. The number of fused-ring (bicyclic) bond motifs is 1. The summed E-state index contributed by atoms with van der Waals surface area (Å²) in [7, 11) is -0.199. The molecule has 2 unspecified atom stereocenters. The number of anilines is 2. The molecule has 1 aliphatic rings. The first-order valence-electron chi connectivity index (χ1n) is 11.8. The molecule has 2 aromatic heterocycles. The minimum Gasteiger partial charge on any atom is -0.371 e. The Morgan fingerprint density at radius 3 is 2.72 bits per heavy atom. The fourth-order valence-electron chi connectivity index (χ4n) is 4.32. The zero-order valence-corrected chi connectivity index (χ0v) is 21.8. The minimum atomic E-state index is -0.199. The molecule has 0 amide bonds. The van der Waals surface area contributed by atoms with E-state index in [0.29, 0.717) is 40.9 Å². The van der Waals surface area contributed by atoms with Crippen LogP contribution in [0.1, 0.15) is 18.6 Å². The number of aromatic nitrogens is 3. The largest absolute Gasteiger partial charge is 0.371 e. The van der Waals surface area contributed by atoms with E-state index >= 15 is 0 Å². The number of ether oxygens (including phenoxy) is 1. The highest BCUT2D eigenvalue weighted by Crippen LogP contribution is 2.33. The Bertz CT molecular complexity index is 1500. The zero-order valence-electron chi connectivity index (χ0n) is 20.3. The van der Waals surface area contributed by atoms with Gasteiger partial charge in [-0.2, -0.15) is 15.5 Å². The molecule has 2 atom stereocenters. The Morgan fingerprint density at radius 2 is 2.03 bits per heavy atom. The zero-order chi connectivity index (χ0) is 25.2. The standard InChI is InChI=1S/C27H28ClN5O2S/c1-4-33-25-18(13-22(26(33)34)21-14-20(36(2)3)9-10-23(21)28)15-30-27(32-25)31-19-7-5-17(6-8-19)24-16-29-11-12-35-24/h5-10,13-15,24,29H,2,4,11-12,16H2,1,3H3,(H,30,31,32). The molecular weight excluding hydrogens is 494 g/mol. The summed E-state index contributed by atoms with van der Waals surface area (Å²) in [4.78, 5) is 23.7. The van der Waals surface area contributed by atoms with E-state index in [1.807, 2.05) is 61.7 Å². The first-order chi connectivity index (χ1) is 17.4. The fraction of sp³-hybridized carbons (Fsp3) is 0.259. The van der Waals surface area contributed by atoms with Crippen molar-refractivity contribution in [3.63, 3.8) is 0 Å². The number of pyridine rings is 1. The monoisotopic (exact) mass is 521 g/mol. The molecule has 2 aromatic carbocycles. The Balaban J connectivity index is 1.48. The van der Waals surface area contributed by atoms with Crippen LogP contribution in [0, 0.1) is 0 Å². The van der Waals surface area contributed by atoms with Crippen molar-refractivity contribution in [3.05, 3.63) is 75.7 Å². The van der Waals surface area contributed by atoms with Crippen molar-refractivity contribution in [3.8, 4) is 11.1 Å². The molecule has 2 N–H and O–H groups in total. The van der Waals surface area contributed by atoms with Crippen LogP contribution in [0.25, 0.3) is 22.2 Å². The van der Waals surface area contributed by atoms with Gasteiger partial charge in [0.05, 0.1) is 12.7 Å². The SMILES string of the molecule is C=S(C)c1ccc(Cl)c(-c2cc3cnc(Nc4ccc(C5CNCCO5)cc4)nc3n(CC)c2=O)c1. The summed E-state index contributed by atoms with van der Waals surface area (Å²) >= 11 is 6.51. The van der Waals surface area contributed by atoms with Gasteiger partial charge < -0.3 is 15.4 Å². The quantitative estimate of drug-likeness (QED) is 0.338. The summed E-state index contributed by atoms with van der Waals surface area (Å²) in [5, 5.41) is 7.89. The van der Waals surface area contributed by atoms with E-state index in [1.54, 1.807) is 10.8 Å². The molecule has 4 aromatic rings. The number of halogens is 1. The average molecular weight is 522 g/mol. The summed E-state index contributed by atoms with van der Waals surface area (Å²) in [6.07, 6.45) is 3.83. The summed E-state index contributed by atoms with van der Waals surface area (Å²) in [6.45, 7) is 4.80. The maximum atomic E-state index is 13.5. The van der Waals surface area contributed by atoms with Crippen LogP contribution in [0.4, 0.5) is 11.6 Å². The van der Waals surface area contributed by atoms with Gasteiger partial charge in [0.1, 0.15) is 5.65 Å². The molecule has 36 heavy (non-hydrogen) atoms. The Hall–Kier alpha value is -3.04. The van der Waals surface area contributed by atoms with Gasteiger partial charge in [-0.25, -0.2) is 4.98 Å². The molecule has 0 saturated carbocycles. The van der Waals surface area contributed by atoms with Crippen molar-refractivity contribution < 1.29 is 4.74 Å². The van der Waals surface area contributed by atoms with E-state index in [1.165, 1.54) is 0 Å². The van der Waals surface area contributed by atoms with Crippen molar-refractivity contribution in [1.82, 2.24) is 19.9 Å². The van der Waals surface area contributed by atoms with Gasteiger partial charge in [0.15, 0.2) is 0 Å². The van der Waals surface area contributed by atoms with E-state index in [4.69, 9.17) is 16.3 Å². The van der Waals surface area contributed by atoms with Gasteiger partial charge in [-0.1, -0.05) is 29.6 Å². The maximum Gasteiger partial charge on any atom is 0.260 e. The highest BCUT2D eigenvalue weighted by molar-refractivity contribution is 8.13. The van der Waals surface area contributed by atoms with Crippen molar-refractivity contribution in [1.29, 1.82) is 0 Å². The Labute approximate surface area is 217 Å². The topological polar surface area (TPSA) is 81.1 Å². The van der Waals surface area contributed by atoms with Gasteiger partial charge in [0.2, 0.25) is 5.95 Å². The molecule has 0 radical (unpaired) electrons. The van der Waals surface area contributed by atoms with Crippen LogP contribution >= 0.6 is 22.1 Å². The highest BCUT2D eigenvalue weighted by Gasteiger charge is 2.17. The molecule has 5 rings (SSSR count). The first kappa shape index (κ1) is 24.6. The summed E-state index contributed by atoms with van der Waals surface area (Å²) in [6, 6.07) is 15.6. The third-order valence-electron chi connectivity index (χ3n) is 6.24. The van der Waals surface area contributed by atoms with Gasteiger partial charge in [0.25, 0.3) is 5.56 Å². The molecule has 1 saturated heterocycles. The molecule has 9 heteroatoms. The maximum absolute atomic E-state index is 13.5. The average Bonchev–Trinajstić information content (AvgIpc) is 2.90. The van der Waals surface area contributed by atoms with Crippen LogP contribution in [0.3, 0.4) is 0 Å². The molecule has 186 valence electrons. The number of aryl methyl sites for hydroxylation is 1. The predicted octanol–water partition coefficient (Wildman–Crippen LogP) is 5.23. The van der Waals surface area contributed by atoms with Crippen LogP contribution in [0.5, 0.6) is 0 Å². The molecule has 1 aliphatic heterocycles. The van der Waals surface area contributed by atoms with E-state index in [-0.39, 0.29) is 22.1 Å². The molecular formula is C27H28ClN5O2S. The fourth-order valence-corrected chi connectivity index (χ4v) is 5.16. The second kappa shape index (κ2) is 10.5. The molecule has 3 heterocycles. The van der Waals surface area contributed by atoms with Gasteiger partial charge in [-0.15, -0.1) is 0 Å². The highest BCUT2D eigenvalue weighted by atomic mass is 35.5. The van der Waals surface area contributed by atoms with E-state index in [2.05, 4.69) is 26.5 Å². The van der Waals surface area contributed by atoms with E-state index in [0.717, 1.165) is 34.6 Å². The first-order valence-corrected chi connectivity index (χ1v) is 14.0. The lowest BCUT2D eigenvalue weighted by atomic mass is 10.1. The second-order valence-electron chi connectivity index (χ2n) is 8.67. The Morgan fingerprint density at radius 1 is 1.22 bits per heavy atom. The molecule has 1 fully saturated rings. The molecule has 0 aliphatic carbocycles. The van der Waals surface area contributed by atoms with Crippen molar-refractivity contribution in [2.24, 2.45) is 0 Å². The van der Waals surface area contributed by atoms with Gasteiger partial charge in [-0.05, 0) is 55.1 Å². The van der Waals surface area contributed by atoms with Gasteiger partial charge in [0, 0.05) is 57.9 Å². The normalized spacial score (nSPS) is 16.7. The molecule has 0 bridgehead atoms. The lowest BCUT2D eigenvalue weighted by Crippen LogP contribution is -2.33. The minimum absolute atomic E-state index is 0.0596. The number of hydrogen-bond donors (Lipinski definition) is 2. The van der Waals surface area contributed by atoms with Crippen LogP contribution in [0.2, 0.25) is 5.02 Å². The third kappa shape index (κ3) is 4.95. The van der Waals surface area contributed by atoms with E-state index < -0.39 is 0 Å². The van der Waals surface area contributed by atoms with Gasteiger partial charge in [-0.3, -0.25) is 9.36 Å². The number of hydrogen-bond acceptors (Lipinski definition) is 6. The van der Waals surface area contributed by atoms with Crippen LogP contribution in [0.15, 0.2) is 64.4 Å². The summed E-state index contributed by atoms with van der Waals surface area (Å²) in [5.41, 5.74) is 3.64. The van der Waals surface area contributed by atoms with Crippen LogP contribution in [-0.4, -0.2) is 46.4 Å². The third-order valence-corrected chi connectivity index (χ3v) is 7.63. The number of morpholine rings is 1. The molecule has 7 nitrogen and oxygen atoms in total. The van der Waals surface area contributed by atoms with Crippen molar-refractivity contribution >= 4 is 50.6 Å². The number of benzene rings is 2. The van der Waals surface area contributed by atoms with Crippen LogP contribution < -0.4 is 16.2 Å². The van der Waals surface area contributed by atoms with Crippen molar-refractivity contribution in [2.75, 3.05) is 31.3 Å². The number of rotatable bonds is 6. The van der Waals surface area contributed by atoms with Crippen LogP contribution in [-0.2, 0) is 11.3 Å². The lowest BCUT2D eigenvalue weighted by molar-refractivity contribution is 0.0277. The predicted molar refractivity (Wildman–Crippen MR) is 150 cm³/mol.